The molecule has 0 spiro atoms. The number of likely N-dealkylation sites (N-methyl/N-ethyl adjacent to an activating group) is 1. The van der Waals surface area contributed by atoms with Gasteiger partial charge in [-0.1, -0.05) is 33.6 Å². The van der Waals surface area contributed by atoms with Gasteiger partial charge < -0.3 is 14.8 Å². The van der Waals surface area contributed by atoms with Gasteiger partial charge >= 0.3 is 0 Å². The van der Waals surface area contributed by atoms with Gasteiger partial charge in [0.1, 0.15) is 0 Å². The number of hydrogen-bond acceptors (Lipinski definition) is 3. The van der Waals surface area contributed by atoms with Crippen LogP contribution in [0.1, 0.15) is 46.5 Å². The molecule has 1 rings (SSSR count). The van der Waals surface area contributed by atoms with Crippen LogP contribution >= 0.6 is 0 Å². The van der Waals surface area contributed by atoms with Crippen molar-refractivity contribution in [3.63, 3.8) is 0 Å². The molecule has 0 radical (unpaired) electrons. The van der Waals surface area contributed by atoms with E-state index in [1.54, 1.807) is 0 Å². The maximum Gasteiger partial charge on any atom is 0.0701 e. The third-order valence-electron chi connectivity index (χ3n) is 3.56. The molecule has 18 heavy (non-hydrogen) atoms. The smallest absolute Gasteiger partial charge is 0.0701 e. The van der Waals surface area contributed by atoms with Crippen LogP contribution in [0.4, 0.5) is 0 Å². The molecule has 0 heterocycles. The summed E-state index contributed by atoms with van der Waals surface area (Å²) in [5.41, 5.74) is 0. The molecule has 0 saturated heterocycles. The first-order valence-corrected chi connectivity index (χ1v) is 7.63. The highest BCUT2D eigenvalue weighted by molar-refractivity contribution is 4.80. The largest absolute Gasteiger partial charge is 0.379 e. The lowest BCUT2D eigenvalue weighted by Gasteiger charge is -2.24. The molecular weight excluding hydrogens is 226 g/mol. The summed E-state index contributed by atoms with van der Waals surface area (Å²) in [6.07, 6.45) is 5.52. The van der Waals surface area contributed by atoms with Crippen LogP contribution in [0, 0.1) is 11.8 Å². The number of hydrogen-bond donors (Lipinski definition) is 1. The lowest BCUT2D eigenvalue weighted by atomic mass is 9.99. The molecule has 0 bridgehead atoms. The Kier molecular flexibility index (Phi) is 8.64. The molecule has 3 nitrogen and oxygen atoms in total. The molecular formula is C15H31NO2. The average Bonchev–Trinajstić information content (AvgIpc) is 2.85. The van der Waals surface area contributed by atoms with Crippen LogP contribution in [-0.4, -0.2) is 39.0 Å². The Bertz CT molecular complexity index is 191. The van der Waals surface area contributed by atoms with E-state index in [9.17, 15) is 0 Å². The van der Waals surface area contributed by atoms with Crippen molar-refractivity contribution in [2.75, 3.05) is 33.0 Å². The zero-order valence-electron chi connectivity index (χ0n) is 12.4. The molecule has 0 aromatic rings. The topological polar surface area (TPSA) is 30.5 Å². The summed E-state index contributed by atoms with van der Waals surface area (Å²) in [6, 6.07) is 0.544. The van der Waals surface area contributed by atoms with Gasteiger partial charge in [-0.3, -0.25) is 0 Å². The van der Waals surface area contributed by atoms with E-state index in [-0.39, 0.29) is 0 Å². The summed E-state index contributed by atoms with van der Waals surface area (Å²) in [7, 11) is 0. The molecule has 1 saturated carbocycles. The highest BCUT2D eigenvalue weighted by atomic mass is 16.5. The van der Waals surface area contributed by atoms with Crippen LogP contribution in [0.5, 0.6) is 0 Å². The molecule has 0 amide bonds. The summed E-state index contributed by atoms with van der Waals surface area (Å²) in [5.74, 6) is 1.43. The van der Waals surface area contributed by atoms with Crippen molar-refractivity contribution in [1.82, 2.24) is 5.32 Å². The van der Waals surface area contributed by atoms with Gasteiger partial charge in [0.25, 0.3) is 0 Å². The molecule has 108 valence electrons. The molecule has 1 unspecified atom stereocenters. The van der Waals surface area contributed by atoms with Gasteiger partial charge in [0.05, 0.1) is 19.8 Å². The van der Waals surface area contributed by atoms with Crippen LogP contribution in [0.15, 0.2) is 0 Å². The molecule has 1 atom stereocenters. The first-order valence-electron chi connectivity index (χ1n) is 7.63. The van der Waals surface area contributed by atoms with E-state index in [0.29, 0.717) is 12.0 Å². The van der Waals surface area contributed by atoms with Crippen molar-refractivity contribution >= 4 is 0 Å². The first kappa shape index (κ1) is 15.9. The standard InChI is InChI=1S/C15H31NO2/c1-4-16-15(14-7-5-6-8-14)12-18-10-9-17-11-13(2)3/h13-16H,4-12H2,1-3H3. The highest BCUT2D eigenvalue weighted by Gasteiger charge is 2.24. The second-order valence-corrected chi connectivity index (χ2v) is 5.75. The molecule has 1 fully saturated rings. The Labute approximate surface area is 113 Å². The maximum absolute atomic E-state index is 5.76. The predicted molar refractivity (Wildman–Crippen MR) is 75.9 cm³/mol. The molecule has 0 aliphatic heterocycles. The maximum atomic E-state index is 5.76. The van der Waals surface area contributed by atoms with Crippen molar-refractivity contribution in [2.24, 2.45) is 11.8 Å². The minimum Gasteiger partial charge on any atom is -0.379 e. The Hall–Kier alpha value is -0.120. The molecule has 0 aromatic carbocycles. The van der Waals surface area contributed by atoms with Gasteiger partial charge in [0.15, 0.2) is 0 Å². The van der Waals surface area contributed by atoms with Crippen molar-refractivity contribution in [3.8, 4) is 0 Å². The summed E-state index contributed by atoms with van der Waals surface area (Å²) >= 11 is 0. The molecule has 1 N–H and O–H groups in total. The van der Waals surface area contributed by atoms with Crippen molar-refractivity contribution in [2.45, 2.75) is 52.5 Å². The van der Waals surface area contributed by atoms with E-state index in [2.05, 4.69) is 26.1 Å². The Morgan fingerprint density at radius 1 is 1.06 bits per heavy atom. The Morgan fingerprint density at radius 2 is 1.67 bits per heavy atom. The fourth-order valence-corrected chi connectivity index (χ4v) is 2.63. The third-order valence-corrected chi connectivity index (χ3v) is 3.56. The number of ether oxygens (including phenoxy) is 2. The van der Waals surface area contributed by atoms with Crippen LogP contribution in [0.2, 0.25) is 0 Å². The number of nitrogens with one attached hydrogen (secondary N) is 1. The summed E-state index contributed by atoms with van der Waals surface area (Å²) in [5, 5.41) is 3.57. The molecule has 1 aliphatic rings. The number of rotatable bonds is 10. The van der Waals surface area contributed by atoms with E-state index in [0.717, 1.165) is 38.9 Å². The SMILES string of the molecule is CCNC(COCCOCC(C)C)C1CCCC1. The van der Waals surface area contributed by atoms with Crippen LogP contribution in [0.25, 0.3) is 0 Å². The molecule has 0 aromatic heterocycles. The summed E-state index contributed by atoms with van der Waals surface area (Å²) in [4.78, 5) is 0. The lowest BCUT2D eigenvalue weighted by molar-refractivity contribution is 0.0248. The van der Waals surface area contributed by atoms with Crippen molar-refractivity contribution < 1.29 is 9.47 Å². The van der Waals surface area contributed by atoms with Crippen molar-refractivity contribution in [1.29, 1.82) is 0 Å². The fraction of sp³-hybridized carbons (Fsp3) is 1.00. The minimum absolute atomic E-state index is 0.544. The van der Waals surface area contributed by atoms with Gasteiger partial charge in [-0.05, 0) is 31.2 Å². The third kappa shape index (κ3) is 6.72. The van der Waals surface area contributed by atoms with E-state index < -0.39 is 0 Å². The van der Waals surface area contributed by atoms with Gasteiger partial charge in [-0.15, -0.1) is 0 Å². The Balaban J connectivity index is 2.06. The summed E-state index contributed by atoms with van der Waals surface area (Å²) in [6.45, 7) is 10.7. The zero-order valence-corrected chi connectivity index (χ0v) is 12.4. The monoisotopic (exact) mass is 257 g/mol. The second-order valence-electron chi connectivity index (χ2n) is 5.75. The van der Waals surface area contributed by atoms with Gasteiger partial charge in [0, 0.05) is 12.6 Å². The van der Waals surface area contributed by atoms with E-state index in [1.807, 2.05) is 0 Å². The van der Waals surface area contributed by atoms with Crippen LogP contribution in [0.3, 0.4) is 0 Å². The van der Waals surface area contributed by atoms with E-state index >= 15 is 0 Å². The van der Waals surface area contributed by atoms with Gasteiger partial charge in [0.2, 0.25) is 0 Å². The minimum atomic E-state index is 0.544. The normalized spacial score (nSPS) is 18.7. The fourth-order valence-electron chi connectivity index (χ4n) is 2.63. The molecule has 1 aliphatic carbocycles. The van der Waals surface area contributed by atoms with Crippen molar-refractivity contribution in [3.05, 3.63) is 0 Å². The van der Waals surface area contributed by atoms with Gasteiger partial charge in [-0.25, -0.2) is 0 Å². The van der Waals surface area contributed by atoms with E-state index in [1.165, 1.54) is 25.7 Å². The quantitative estimate of drug-likeness (QED) is 0.610. The van der Waals surface area contributed by atoms with E-state index in [4.69, 9.17) is 9.47 Å². The van der Waals surface area contributed by atoms with Crippen LogP contribution < -0.4 is 5.32 Å². The second kappa shape index (κ2) is 9.76. The van der Waals surface area contributed by atoms with Gasteiger partial charge in [-0.2, -0.15) is 0 Å². The summed E-state index contributed by atoms with van der Waals surface area (Å²) < 4.78 is 11.3. The van der Waals surface area contributed by atoms with Crippen LogP contribution in [-0.2, 0) is 9.47 Å². The highest BCUT2D eigenvalue weighted by Crippen LogP contribution is 2.27. The predicted octanol–water partition coefficient (Wildman–Crippen LogP) is 2.84. The Morgan fingerprint density at radius 3 is 2.22 bits per heavy atom. The molecule has 3 heteroatoms. The zero-order chi connectivity index (χ0) is 13.2. The lowest BCUT2D eigenvalue weighted by Crippen LogP contribution is -2.39. The first-order chi connectivity index (χ1) is 8.74. The average molecular weight is 257 g/mol.